The number of carbonyl (C=O) groups is 2. The van der Waals surface area contributed by atoms with Crippen molar-refractivity contribution in [2.24, 2.45) is 0 Å². The van der Waals surface area contributed by atoms with Crippen LogP contribution >= 0.6 is 23.1 Å². The second-order valence-corrected chi connectivity index (χ2v) is 12.2. The normalized spacial score (nSPS) is 17.2. The van der Waals surface area contributed by atoms with Gasteiger partial charge in [0.2, 0.25) is 5.13 Å². The molecule has 0 spiro atoms. The molecule has 226 valence electrons. The SMILES string of the molecule is CCCCOc1cccc([C@H]2/C(=C(\O)c3ccc4c(c3)OCCO4)C(=O)C(=O)N2c2nnc(SCc3ccccc3F)s2)c1. The number of hydrogen-bond donors (Lipinski definition) is 1. The number of amides is 1. The van der Waals surface area contributed by atoms with Crippen molar-refractivity contribution in [2.45, 2.75) is 35.9 Å². The third-order valence-electron chi connectivity index (χ3n) is 7.11. The molecule has 0 unspecified atom stereocenters. The summed E-state index contributed by atoms with van der Waals surface area (Å²) in [4.78, 5) is 28.5. The van der Waals surface area contributed by atoms with Crippen LogP contribution in [-0.4, -0.2) is 46.8 Å². The van der Waals surface area contributed by atoms with Crippen molar-refractivity contribution in [1.82, 2.24) is 10.2 Å². The highest BCUT2D eigenvalue weighted by Gasteiger charge is 2.48. The van der Waals surface area contributed by atoms with E-state index in [0.29, 0.717) is 63.9 Å². The van der Waals surface area contributed by atoms with E-state index in [1.54, 1.807) is 60.7 Å². The van der Waals surface area contributed by atoms with E-state index in [9.17, 15) is 19.1 Å². The maximum Gasteiger partial charge on any atom is 0.301 e. The van der Waals surface area contributed by atoms with Crippen molar-refractivity contribution in [3.8, 4) is 17.2 Å². The van der Waals surface area contributed by atoms with Crippen LogP contribution in [0.5, 0.6) is 17.2 Å². The van der Waals surface area contributed by atoms with Crippen LogP contribution in [0.25, 0.3) is 5.76 Å². The molecule has 0 bridgehead atoms. The van der Waals surface area contributed by atoms with Crippen molar-refractivity contribution in [2.75, 3.05) is 24.7 Å². The van der Waals surface area contributed by atoms with Crippen molar-refractivity contribution in [1.29, 1.82) is 0 Å². The topological polar surface area (TPSA) is 111 Å². The molecular weight excluding hydrogens is 605 g/mol. The number of rotatable bonds is 10. The number of thioether (sulfide) groups is 1. The van der Waals surface area contributed by atoms with Gasteiger partial charge in [0.15, 0.2) is 15.8 Å². The number of aromatic nitrogens is 2. The van der Waals surface area contributed by atoms with Crippen LogP contribution in [0.3, 0.4) is 0 Å². The summed E-state index contributed by atoms with van der Waals surface area (Å²) >= 11 is 2.38. The number of Topliss-reactive ketones (excluding diaryl/α,β-unsaturated/α-hetero) is 1. The van der Waals surface area contributed by atoms with Gasteiger partial charge in [-0.15, -0.1) is 10.2 Å². The van der Waals surface area contributed by atoms with Crippen molar-refractivity contribution < 1.29 is 33.3 Å². The van der Waals surface area contributed by atoms with Crippen LogP contribution < -0.4 is 19.1 Å². The lowest BCUT2D eigenvalue weighted by Gasteiger charge is -2.23. The van der Waals surface area contributed by atoms with Crippen LogP contribution in [0.15, 0.2) is 76.6 Å². The summed E-state index contributed by atoms with van der Waals surface area (Å²) in [6.45, 7) is 3.33. The van der Waals surface area contributed by atoms with E-state index in [4.69, 9.17) is 14.2 Å². The smallest absolute Gasteiger partial charge is 0.301 e. The number of nitrogens with zero attached hydrogens (tertiary/aromatic N) is 3. The number of halogens is 1. The average Bonchev–Trinajstić information content (AvgIpc) is 3.62. The van der Waals surface area contributed by atoms with Gasteiger partial charge < -0.3 is 19.3 Å². The highest BCUT2D eigenvalue weighted by molar-refractivity contribution is 8.00. The molecule has 1 fully saturated rings. The highest BCUT2D eigenvalue weighted by Crippen LogP contribution is 2.45. The van der Waals surface area contributed by atoms with Crippen LogP contribution in [-0.2, 0) is 15.3 Å². The first-order valence-corrected chi connectivity index (χ1v) is 15.9. The fourth-order valence-corrected chi connectivity index (χ4v) is 6.77. The number of hydrogen-bond acceptors (Lipinski definition) is 10. The monoisotopic (exact) mass is 633 g/mol. The zero-order valence-electron chi connectivity index (χ0n) is 23.7. The summed E-state index contributed by atoms with van der Waals surface area (Å²) < 4.78 is 31.8. The Morgan fingerprint density at radius 2 is 1.89 bits per heavy atom. The molecule has 0 aliphatic carbocycles. The van der Waals surface area contributed by atoms with Gasteiger partial charge in [-0.05, 0) is 53.9 Å². The van der Waals surface area contributed by atoms with Gasteiger partial charge in [0.05, 0.1) is 18.2 Å². The van der Waals surface area contributed by atoms with Gasteiger partial charge in [0.1, 0.15) is 30.5 Å². The van der Waals surface area contributed by atoms with Crippen LogP contribution in [0, 0.1) is 5.82 Å². The summed E-state index contributed by atoms with van der Waals surface area (Å²) in [7, 11) is 0. The zero-order valence-corrected chi connectivity index (χ0v) is 25.3. The Bertz CT molecular complexity index is 1740. The number of aliphatic hydroxyl groups is 1. The van der Waals surface area contributed by atoms with E-state index in [2.05, 4.69) is 17.1 Å². The van der Waals surface area contributed by atoms with E-state index in [1.165, 1.54) is 22.7 Å². The minimum atomic E-state index is -1.02. The molecule has 9 nitrogen and oxygen atoms in total. The maximum absolute atomic E-state index is 14.2. The predicted molar refractivity (Wildman–Crippen MR) is 165 cm³/mol. The summed E-state index contributed by atoms with van der Waals surface area (Å²) in [6, 6.07) is 17.4. The predicted octanol–water partition coefficient (Wildman–Crippen LogP) is 6.55. The molecule has 3 aromatic carbocycles. The van der Waals surface area contributed by atoms with E-state index in [0.717, 1.165) is 24.2 Å². The molecule has 44 heavy (non-hydrogen) atoms. The number of ether oxygens (including phenoxy) is 3. The average molecular weight is 634 g/mol. The van der Waals surface area contributed by atoms with Gasteiger partial charge in [-0.2, -0.15) is 0 Å². The molecule has 0 radical (unpaired) electrons. The first-order valence-electron chi connectivity index (χ1n) is 14.1. The minimum absolute atomic E-state index is 0.104. The zero-order chi connectivity index (χ0) is 30.6. The number of ketones is 1. The number of fused-ring (bicyclic) bond motifs is 1. The molecule has 1 saturated heterocycles. The molecular formula is C32H28FN3O6S2. The first kappa shape index (κ1) is 29.6. The van der Waals surface area contributed by atoms with Gasteiger partial charge in [-0.25, -0.2) is 4.39 Å². The largest absolute Gasteiger partial charge is 0.507 e. The van der Waals surface area contributed by atoms with Gasteiger partial charge in [-0.1, -0.05) is 66.8 Å². The third-order valence-corrected chi connectivity index (χ3v) is 9.22. The maximum atomic E-state index is 14.2. The Morgan fingerprint density at radius 3 is 2.70 bits per heavy atom. The quantitative estimate of drug-likeness (QED) is 0.0519. The number of aliphatic hydroxyl groups excluding tert-OH is 1. The highest BCUT2D eigenvalue weighted by atomic mass is 32.2. The third kappa shape index (κ3) is 6.00. The van der Waals surface area contributed by atoms with Crippen molar-refractivity contribution in [3.63, 3.8) is 0 Å². The molecule has 6 rings (SSSR count). The van der Waals surface area contributed by atoms with E-state index >= 15 is 0 Å². The van der Waals surface area contributed by atoms with Crippen molar-refractivity contribution in [3.05, 3.63) is 94.8 Å². The summed E-state index contributed by atoms with van der Waals surface area (Å²) in [5.41, 5.74) is 1.25. The second-order valence-electron chi connectivity index (χ2n) is 10.0. The fourth-order valence-electron chi connectivity index (χ4n) is 4.91. The summed E-state index contributed by atoms with van der Waals surface area (Å²) in [5, 5.41) is 20.2. The molecule has 2 aliphatic rings. The Balaban J connectivity index is 1.39. The number of benzene rings is 3. The minimum Gasteiger partial charge on any atom is -0.507 e. The molecule has 0 saturated carbocycles. The van der Waals surface area contributed by atoms with Crippen molar-refractivity contribution >= 4 is 45.7 Å². The second kappa shape index (κ2) is 13.1. The summed E-state index contributed by atoms with van der Waals surface area (Å²) in [5.74, 6) is -0.568. The molecule has 1 atom stereocenters. The molecule has 1 N–H and O–H groups in total. The van der Waals surface area contributed by atoms with E-state index in [1.807, 2.05) is 0 Å². The number of carbonyl (C=O) groups excluding carboxylic acids is 2. The molecule has 3 heterocycles. The van der Waals surface area contributed by atoms with Crippen LogP contribution in [0.2, 0.25) is 0 Å². The fraction of sp³-hybridized carbons (Fsp3) is 0.250. The lowest BCUT2D eigenvalue weighted by Crippen LogP contribution is -2.29. The Hall–Kier alpha value is -4.42. The Morgan fingerprint density at radius 1 is 1.07 bits per heavy atom. The van der Waals surface area contributed by atoms with Crippen LogP contribution in [0.4, 0.5) is 9.52 Å². The molecule has 2 aliphatic heterocycles. The van der Waals surface area contributed by atoms with E-state index in [-0.39, 0.29) is 22.3 Å². The van der Waals surface area contributed by atoms with Gasteiger partial charge in [0, 0.05) is 11.3 Å². The van der Waals surface area contributed by atoms with Gasteiger partial charge >= 0.3 is 5.91 Å². The molecule has 1 amide bonds. The lowest BCUT2D eigenvalue weighted by molar-refractivity contribution is -0.132. The van der Waals surface area contributed by atoms with Crippen LogP contribution in [0.1, 0.15) is 42.5 Å². The summed E-state index contributed by atoms with van der Waals surface area (Å²) in [6.07, 6.45) is 1.83. The lowest BCUT2D eigenvalue weighted by atomic mass is 9.95. The molecule has 1 aromatic heterocycles. The van der Waals surface area contributed by atoms with E-state index < -0.39 is 17.7 Å². The number of anilines is 1. The van der Waals surface area contributed by atoms with Gasteiger partial charge in [-0.3, -0.25) is 14.5 Å². The standard InChI is InChI=1S/C32H28FN3O6S2/c1-2-3-13-40-22-9-6-8-19(16-22)27-26(28(37)20-11-12-24-25(17-20)42-15-14-41-24)29(38)30(39)36(27)31-34-35-32(44-31)43-18-21-7-4-5-10-23(21)33/h4-12,16-17,27,37H,2-3,13-15,18H2,1H3/b28-26+/t27-/m0/s1. The Kier molecular flexibility index (Phi) is 8.80. The first-order chi connectivity index (χ1) is 21.4. The molecule has 12 heteroatoms. The Labute approximate surface area is 261 Å². The van der Waals surface area contributed by atoms with Gasteiger partial charge in [0.25, 0.3) is 5.78 Å². The number of unbranched alkanes of at least 4 members (excludes halogenated alkanes) is 1. The molecule has 4 aromatic rings.